The first kappa shape index (κ1) is 12.8. The molecule has 1 aliphatic rings. The summed E-state index contributed by atoms with van der Waals surface area (Å²) in [4.78, 5) is 0. The lowest BCUT2D eigenvalue weighted by molar-refractivity contribution is 0.306. The van der Waals surface area contributed by atoms with Gasteiger partial charge in [-0.3, -0.25) is 0 Å². The molecule has 3 heteroatoms. The first-order valence-corrected chi connectivity index (χ1v) is 6.75. The smallest absolute Gasteiger partial charge is 0.142 e. The minimum Gasteiger partial charge on any atom is -0.316 e. The highest BCUT2D eigenvalue weighted by Crippen LogP contribution is 2.34. The molecule has 0 aliphatic carbocycles. The van der Waals surface area contributed by atoms with Gasteiger partial charge in [-0.25, -0.2) is 4.39 Å². The van der Waals surface area contributed by atoms with Crippen molar-refractivity contribution in [2.75, 3.05) is 13.1 Å². The third-order valence-corrected chi connectivity index (χ3v) is 3.95. The van der Waals surface area contributed by atoms with Gasteiger partial charge in [-0.1, -0.05) is 31.0 Å². The molecule has 1 N–H and O–H groups in total. The first-order valence-electron chi connectivity index (χ1n) is 6.38. The van der Waals surface area contributed by atoms with Gasteiger partial charge in [-0.15, -0.1) is 0 Å². The lowest BCUT2D eigenvalue weighted by Crippen LogP contribution is -2.35. The molecule has 0 spiro atoms. The third kappa shape index (κ3) is 2.99. The van der Waals surface area contributed by atoms with Crippen molar-refractivity contribution < 1.29 is 4.39 Å². The van der Waals surface area contributed by atoms with E-state index in [4.69, 9.17) is 11.6 Å². The third-order valence-electron chi connectivity index (χ3n) is 3.64. The predicted molar refractivity (Wildman–Crippen MR) is 70.0 cm³/mol. The van der Waals surface area contributed by atoms with Crippen molar-refractivity contribution in [2.45, 2.75) is 32.1 Å². The quantitative estimate of drug-likeness (QED) is 0.862. The topological polar surface area (TPSA) is 12.0 Å². The van der Waals surface area contributed by atoms with Crippen LogP contribution in [0.5, 0.6) is 0 Å². The fourth-order valence-electron chi connectivity index (χ4n) is 2.78. The van der Waals surface area contributed by atoms with E-state index in [1.54, 1.807) is 12.1 Å². The number of benzene rings is 1. The Labute approximate surface area is 107 Å². The van der Waals surface area contributed by atoms with Gasteiger partial charge in [-0.05, 0) is 55.5 Å². The monoisotopic (exact) mass is 255 g/mol. The standard InChI is InChI=1S/C14H19ClFN/c1-2-3-11-9-17-7-6-12(11)10-4-5-13(15)14(16)8-10/h4-5,8,11-12,17H,2-3,6-7,9H2,1H3. The first-order chi connectivity index (χ1) is 8.22. The van der Waals surface area contributed by atoms with Gasteiger partial charge in [0, 0.05) is 0 Å². The second-order valence-electron chi connectivity index (χ2n) is 4.82. The summed E-state index contributed by atoms with van der Waals surface area (Å²) in [6.07, 6.45) is 3.46. The van der Waals surface area contributed by atoms with Gasteiger partial charge in [0.25, 0.3) is 0 Å². The molecule has 0 aromatic heterocycles. The maximum absolute atomic E-state index is 13.5. The van der Waals surface area contributed by atoms with Crippen LogP contribution < -0.4 is 5.32 Å². The molecule has 2 unspecified atom stereocenters. The van der Waals surface area contributed by atoms with Crippen molar-refractivity contribution >= 4 is 11.6 Å². The summed E-state index contributed by atoms with van der Waals surface area (Å²) >= 11 is 5.73. The highest BCUT2D eigenvalue weighted by molar-refractivity contribution is 6.30. The molecule has 0 bridgehead atoms. The van der Waals surface area contributed by atoms with Gasteiger partial charge in [0.2, 0.25) is 0 Å². The maximum Gasteiger partial charge on any atom is 0.142 e. The summed E-state index contributed by atoms with van der Waals surface area (Å²) in [6.45, 7) is 4.27. The predicted octanol–water partition coefficient (Wildman–Crippen LogP) is 3.97. The highest BCUT2D eigenvalue weighted by Gasteiger charge is 2.25. The number of rotatable bonds is 3. The molecule has 1 saturated heterocycles. The largest absolute Gasteiger partial charge is 0.316 e. The molecule has 0 saturated carbocycles. The summed E-state index contributed by atoms with van der Waals surface area (Å²) in [5.41, 5.74) is 1.10. The van der Waals surface area contributed by atoms with Crippen LogP contribution in [0.4, 0.5) is 4.39 Å². The van der Waals surface area contributed by atoms with Gasteiger partial charge in [0.15, 0.2) is 0 Å². The molecular weight excluding hydrogens is 237 g/mol. The normalized spacial score (nSPS) is 24.9. The van der Waals surface area contributed by atoms with Crippen LogP contribution in [0.3, 0.4) is 0 Å². The van der Waals surface area contributed by atoms with Crippen LogP contribution in [0.25, 0.3) is 0 Å². The molecule has 1 heterocycles. The van der Waals surface area contributed by atoms with Crippen molar-refractivity contribution in [3.8, 4) is 0 Å². The number of hydrogen-bond donors (Lipinski definition) is 1. The molecule has 0 amide bonds. The van der Waals surface area contributed by atoms with E-state index in [1.807, 2.05) is 6.07 Å². The molecule has 1 aromatic carbocycles. The van der Waals surface area contributed by atoms with Crippen LogP contribution in [-0.2, 0) is 0 Å². The fraction of sp³-hybridized carbons (Fsp3) is 0.571. The van der Waals surface area contributed by atoms with Gasteiger partial charge < -0.3 is 5.32 Å². The van der Waals surface area contributed by atoms with Crippen molar-refractivity contribution in [3.05, 3.63) is 34.6 Å². The Morgan fingerprint density at radius 3 is 3.00 bits per heavy atom. The van der Waals surface area contributed by atoms with E-state index in [2.05, 4.69) is 12.2 Å². The van der Waals surface area contributed by atoms with Crippen LogP contribution in [-0.4, -0.2) is 13.1 Å². The average molecular weight is 256 g/mol. The molecule has 1 aromatic rings. The van der Waals surface area contributed by atoms with E-state index in [-0.39, 0.29) is 10.8 Å². The second-order valence-corrected chi connectivity index (χ2v) is 5.23. The maximum atomic E-state index is 13.5. The van der Waals surface area contributed by atoms with Crippen LogP contribution in [0.2, 0.25) is 5.02 Å². The number of hydrogen-bond acceptors (Lipinski definition) is 1. The van der Waals surface area contributed by atoms with E-state index >= 15 is 0 Å². The van der Waals surface area contributed by atoms with Crippen LogP contribution >= 0.6 is 11.6 Å². The van der Waals surface area contributed by atoms with Crippen molar-refractivity contribution in [1.82, 2.24) is 5.32 Å². The summed E-state index contributed by atoms with van der Waals surface area (Å²) in [5.74, 6) is 0.801. The number of piperidine rings is 1. The summed E-state index contributed by atoms with van der Waals surface area (Å²) in [7, 11) is 0. The second kappa shape index (κ2) is 5.83. The molecule has 1 aliphatic heterocycles. The summed E-state index contributed by atoms with van der Waals surface area (Å²) < 4.78 is 13.5. The fourth-order valence-corrected chi connectivity index (χ4v) is 2.90. The van der Waals surface area contributed by atoms with Crippen molar-refractivity contribution in [1.29, 1.82) is 0 Å². The Kier molecular flexibility index (Phi) is 4.41. The van der Waals surface area contributed by atoms with E-state index in [9.17, 15) is 4.39 Å². The van der Waals surface area contributed by atoms with Crippen LogP contribution in [0, 0.1) is 11.7 Å². The molecule has 1 nitrogen and oxygen atoms in total. The molecular formula is C14H19ClFN. The zero-order valence-corrected chi connectivity index (χ0v) is 10.9. The minimum atomic E-state index is -0.294. The number of halogens is 2. The Morgan fingerprint density at radius 1 is 1.47 bits per heavy atom. The number of nitrogens with one attached hydrogen (secondary N) is 1. The Hall–Kier alpha value is -0.600. The Balaban J connectivity index is 2.20. The van der Waals surface area contributed by atoms with E-state index < -0.39 is 0 Å². The molecule has 1 fully saturated rings. The van der Waals surface area contributed by atoms with Gasteiger partial charge in [-0.2, -0.15) is 0 Å². The van der Waals surface area contributed by atoms with E-state index in [0.717, 1.165) is 25.1 Å². The molecule has 17 heavy (non-hydrogen) atoms. The van der Waals surface area contributed by atoms with Crippen LogP contribution in [0.15, 0.2) is 18.2 Å². The van der Waals surface area contributed by atoms with Crippen molar-refractivity contribution in [2.24, 2.45) is 5.92 Å². The lowest BCUT2D eigenvalue weighted by atomic mass is 9.79. The van der Waals surface area contributed by atoms with Gasteiger partial charge in [0.1, 0.15) is 5.82 Å². The van der Waals surface area contributed by atoms with Gasteiger partial charge in [0.05, 0.1) is 5.02 Å². The van der Waals surface area contributed by atoms with Gasteiger partial charge >= 0.3 is 0 Å². The van der Waals surface area contributed by atoms with Crippen molar-refractivity contribution in [3.63, 3.8) is 0 Å². The molecule has 2 atom stereocenters. The van der Waals surface area contributed by atoms with Crippen LogP contribution in [0.1, 0.15) is 37.7 Å². The summed E-state index contributed by atoms with van der Waals surface area (Å²) in [6, 6.07) is 5.27. The molecule has 2 rings (SSSR count). The molecule has 0 radical (unpaired) electrons. The lowest BCUT2D eigenvalue weighted by Gasteiger charge is -2.32. The SMILES string of the molecule is CCCC1CNCCC1c1ccc(Cl)c(F)c1. The Bertz CT molecular complexity index is 378. The molecule has 94 valence electrons. The summed E-state index contributed by atoms with van der Waals surface area (Å²) in [5, 5.41) is 3.64. The highest BCUT2D eigenvalue weighted by atomic mass is 35.5. The Morgan fingerprint density at radius 2 is 2.29 bits per heavy atom. The zero-order chi connectivity index (χ0) is 12.3. The van der Waals surface area contributed by atoms with E-state index in [0.29, 0.717) is 11.8 Å². The zero-order valence-electron chi connectivity index (χ0n) is 10.2. The average Bonchev–Trinajstić information content (AvgIpc) is 2.34. The van der Waals surface area contributed by atoms with E-state index in [1.165, 1.54) is 12.8 Å². The minimum absolute atomic E-state index is 0.217.